The zero-order valence-electron chi connectivity index (χ0n) is 15.9. The van der Waals surface area contributed by atoms with Crippen LogP contribution in [0.15, 0.2) is 29.1 Å². The van der Waals surface area contributed by atoms with Crippen molar-refractivity contribution >= 4 is 15.7 Å². The van der Waals surface area contributed by atoms with Gasteiger partial charge in [-0.25, -0.2) is 17.8 Å². The molecule has 9 nitrogen and oxygen atoms in total. The molecule has 1 aromatic heterocycles. The summed E-state index contributed by atoms with van der Waals surface area (Å²) in [4.78, 5) is 30.8. The van der Waals surface area contributed by atoms with Gasteiger partial charge in [0.05, 0.1) is 17.5 Å². The zero-order valence-corrected chi connectivity index (χ0v) is 16.7. The average Bonchev–Trinajstić information content (AvgIpc) is 2.68. The molecule has 29 heavy (non-hydrogen) atoms. The predicted octanol–water partition coefficient (Wildman–Crippen LogP) is -0.0437. The van der Waals surface area contributed by atoms with Crippen LogP contribution in [-0.4, -0.2) is 59.0 Å². The van der Waals surface area contributed by atoms with Crippen molar-refractivity contribution in [3.63, 3.8) is 0 Å². The van der Waals surface area contributed by atoms with E-state index in [1.54, 1.807) is 11.9 Å². The number of rotatable bonds is 4. The van der Waals surface area contributed by atoms with Gasteiger partial charge in [0.1, 0.15) is 11.6 Å². The summed E-state index contributed by atoms with van der Waals surface area (Å²) in [6.07, 6.45) is 0. The standard InChI is InChI=1S/C18H21FN4O5S/c1-22-7-8-29(27,28)10-13(22)16-21-14(15(24)18(26)23(16)2)17(25)20-9-11-3-5-12(19)6-4-11/h3-6,13,24H,7-10H2,1-2H3,(H,20,25). The van der Waals surface area contributed by atoms with E-state index in [2.05, 4.69) is 10.3 Å². The molecule has 1 atom stereocenters. The van der Waals surface area contributed by atoms with Gasteiger partial charge in [-0.3, -0.25) is 19.1 Å². The first-order valence-electron chi connectivity index (χ1n) is 8.82. The third-order valence-electron chi connectivity index (χ3n) is 4.88. The van der Waals surface area contributed by atoms with E-state index < -0.39 is 44.6 Å². The van der Waals surface area contributed by atoms with Crippen LogP contribution in [0.5, 0.6) is 5.75 Å². The Labute approximate surface area is 166 Å². The third kappa shape index (κ3) is 4.46. The molecular formula is C18H21FN4O5S. The minimum Gasteiger partial charge on any atom is -0.501 e. The van der Waals surface area contributed by atoms with E-state index in [9.17, 15) is 27.5 Å². The lowest BCUT2D eigenvalue weighted by atomic mass is 10.2. The van der Waals surface area contributed by atoms with Gasteiger partial charge in [-0.05, 0) is 24.7 Å². The monoisotopic (exact) mass is 424 g/mol. The summed E-state index contributed by atoms with van der Waals surface area (Å²) in [6.45, 7) is 0.290. The summed E-state index contributed by atoms with van der Waals surface area (Å²) >= 11 is 0. The van der Waals surface area contributed by atoms with Crippen LogP contribution in [0.2, 0.25) is 0 Å². The maximum absolute atomic E-state index is 13.0. The van der Waals surface area contributed by atoms with E-state index in [1.807, 2.05) is 0 Å². The lowest BCUT2D eigenvalue weighted by Crippen LogP contribution is -2.43. The van der Waals surface area contributed by atoms with Crippen molar-refractivity contribution in [2.75, 3.05) is 25.1 Å². The topological polar surface area (TPSA) is 122 Å². The van der Waals surface area contributed by atoms with Gasteiger partial charge in [-0.2, -0.15) is 0 Å². The van der Waals surface area contributed by atoms with Crippen LogP contribution in [0.4, 0.5) is 4.39 Å². The van der Waals surface area contributed by atoms with E-state index >= 15 is 0 Å². The van der Waals surface area contributed by atoms with Crippen LogP contribution in [0.1, 0.15) is 27.9 Å². The van der Waals surface area contributed by atoms with Gasteiger partial charge in [0, 0.05) is 20.1 Å². The van der Waals surface area contributed by atoms with Crippen molar-refractivity contribution in [1.82, 2.24) is 19.8 Å². The number of halogens is 1. The number of nitrogens with zero attached hydrogens (tertiary/aromatic N) is 3. The summed E-state index contributed by atoms with van der Waals surface area (Å²) in [5.74, 6) is -2.21. The molecule has 2 N–H and O–H groups in total. The fourth-order valence-electron chi connectivity index (χ4n) is 3.09. The predicted molar refractivity (Wildman–Crippen MR) is 103 cm³/mol. The second-order valence-corrected chi connectivity index (χ2v) is 9.18. The number of nitrogens with one attached hydrogen (secondary N) is 1. The first kappa shape index (κ1) is 20.9. The van der Waals surface area contributed by atoms with Gasteiger partial charge >= 0.3 is 0 Å². The van der Waals surface area contributed by atoms with E-state index in [-0.39, 0.29) is 30.4 Å². The molecule has 1 aliphatic heterocycles. The minimum atomic E-state index is -3.33. The zero-order chi connectivity index (χ0) is 21.3. The van der Waals surface area contributed by atoms with E-state index in [1.165, 1.54) is 31.3 Å². The molecule has 0 saturated carbocycles. The second kappa shape index (κ2) is 7.91. The minimum absolute atomic E-state index is 0.00293. The number of aromatic hydroxyl groups is 1. The molecule has 2 aromatic rings. The SMILES string of the molecule is CN1CCS(=O)(=O)CC1c1nc(C(=O)NCc2ccc(F)cc2)c(O)c(=O)n1C. The number of amides is 1. The molecule has 1 saturated heterocycles. The average molecular weight is 424 g/mol. The van der Waals surface area contributed by atoms with Crippen LogP contribution in [-0.2, 0) is 23.4 Å². The number of hydrogen-bond acceptors (Lipinski definition) is 7. The molecule has 1 aromatic carbocycles. The third-order valence-corrected chi connectivity index (χ3v) is 6.51. The highest BCUT2D eigenvalue weighted by molar-refractivity contribution is 7.91. The molecule has 0 aliphatic carbocycles. The summed E-state index contributed by atoms with van der Waals surface area (Å²) in [5, 5.41) is 12.7. The van der Waals surface area contributed by atoms with E-state index in [0.717, 1.165) is 4.57 Å². The Morgan fingerprint density at radius 1 is 1.31 bits per heavy atom. The van der Waals surface area contributed by atoms with Crippen molar-refractivity contribution in [2.45, 2.75) is 12.6 Å². The smallest absolute Gasteiger partial charge is 0.296 e. The maximum atomic E-state index is 13.0. The molecule has 156 valence electrons. The van der Waals surface area contributed by atoms with Crippen molar-refractivity contribution < 1.29 is 22.7 Å². The molecule has 3 rings (SSSR count). The largest absolute Gasteiger partial charge is 0.501 e. The quantitative estimate of drug-likeness (QED) is 0.706. The highest BCUT2D eigenvalue weighted by Crippen LogP contribution is 2.24. The normalized spacial score (nSPS) is 19.1. The molecule has 0 radical (unpaired) electrons. The Kier molecular flexibility index (Phi) is 5.71. The van der Waals surface area contributed by atoms with Crippen molar-refractivity contribution in [1.29, 1.82) is 0 Å². The number of benzene rings is 1. The molecule has 1 amide bonds. The summed E-state index contributed by atoms with van der Waals surface area (Å²) < 4.78 is 38.1. The van der Waals surface area contributed by atoms with Gasteiger partial charge in [0.2, 0.25) is 5.75 Å². The van der Waals surface area contributed by atoms with Crippen LogP contribution in [0.3, 0.4) is 0 Å². The number of hydrogen-bond donors (Lipinski definition) is 2. The van der Waals surface area contributed by atoms with Crippen LogP contribution < -0.4 is 10.9 Å². The fourth-order valence-corrected chi connectivity index (χ4v) is 4.71. The van der Waals surface area contributed by atoms with Gasteiger partial charge in [-0.1, -0.05) is 12.1 Å². The molecule has 1 aliphatic rings. The number of carbonyl (C=O) groups is 1. The van der Waals surface area contributed by atoms with Crippen molar-refractivity contribution in [3.05, 3.63) is 57.5 Å². The summed E-state index contributed by atoms with van der Waals surface area (Å²) in [5.41, 5.74) is -0.721. The summed E-state index contributed by atoms with van der Waals surface area (Å²) in [6, 6.07) is 4.73. The highest BCUT2D eigenvalue weighted by Gasteiger charge is 2.34. The molecule has 0 spiro atoms. The number of carbonyl (C=O) groups excluding carboxylic acids is 1. The number of aromatic nitrogens is 2. The molecule has 0 bridgehead atoms. The molecule has 1 unspecified atom stereocenters. The summed E-state index contributed by atoms with van der Waals surface area (Å²) in [7, 11) is -0.265. The first-order valence-corrected chi connectivity index (χ1v) is 10.6. The Hall–Kier alpha value is -2.79. The van der Waals surface area contributed by atoms with Gasteiger partial charge in [-0.15, -0.1) is 0 Å². The van der Waals surface area contributed by atoms with Crippen LogP contribution >= 0.6 is 0 Å². The Bertz CT molecular complexity index is 1100. The van der Waals surface area contributed by atoms with Gasteiger partial charge in [0.15, 0.2) is 15.5 Å². The second-order valence-electron chi connectivity index (χ2n) is 6.95. The van der Waals surface area contributed by atoms with Crippen molar-refractivity contribution in [3.8, 4) is 5.75 Å². The van der Waals surface area contributed by atoms with Gasteiger partial charge < -0.3 is 10.4 Å². The molecular weight excluding hydrogens is 403 g/mol. The Morgan fingerprint density at radius 2 is 1.97 bits per heavy atom. The molecule has 2 heterocycles. The Balaban J connectivity index is 1.92. The lowest BCUT2D eigenvalue weighted by Gasteiger charge is -2.32. The van der Waals surface area contributed by atoms with E-state index in [0.29, 0.717) is 5.56 Å². The van der Waals surface area contributed by atoms with Crippen LogP contribution in [0, 0.1) is 5.82 Å². The maximum Gasteiger partial charge on any atom is 0.296 e. The molecule has 11 heteroatoms. The fraction of sp³-hybridized carbons (Fsp3) is 0.389. The lowest BCUT2D eigenvalue weighted by molar-refractivity contribution is 0.0941. The molecule has 1 fully saturated rings. The first-order chi connectivity index (χ1) is 13.6. The Morgan fingerprint density at radius 3 is 2.62 bits per heavy atom. The van der Waals surface area contributed by atoms with Crippen molar-refractivity contribution in [2.24, 2.45) is 7.05 Å². The number of sulfone groups is 1. The highest BCUT2D eigenvalue weighted by atomic mass is 32.2. The van der Waals surface area contributed by atoms with Gasteiger partial charge in [0.25, 0.3) is 11.5 Å². The van der Waals surface area contributed by atoms with Crippen LogP contribution in [0.25, 0.3) is 0 Å². The van der Waals surface area contributed by atoms with E-state index in [4.69, 9.17) is 0 Å².